The Morgan fingerprint density at radius 3 is 2.39 bits per heavy atom. The molecule has 0 spiro atoms. The van der Waals surface area contributed by atoms with Crippen LogP contribution in [0.1, 0.15) is 18.4 Å². The smallest absolute Gasteiger partial charge is 0.182 e. The standard InChI is InChI=1S/C15H22N6OS/c1-19-10-4-9(5-11(19)8-22-7-10)18-14-12(6-16)13(17)20(2)15(23)21(14)3/h9-11,17-18H,4-5,7-8H2,1-3H3. The summed E-state index contributed by atoms with van der Waals surface area (Å²) in [7, 11) is 5.71. The number of nitriles is 1. The number of morpholine rings is 1. The van der Waals surface area contributed by atoms with Gasteiger partial charge in [0.1, 0.15) is 22.9 Å². The van der Waals surface area contributed by atoms with E-state index in [0.29, 0.717) is 28.2 Å². The highest BCUT2D eigenvalue weighted by atomic mass is 32.1. The Balaban J connectivity index is 1.94. The summed E-state index contributed by atoms with van der Waals surface area (Å²) < 4.78 is 9.51. The molecule has 2 saturated heterocycles. The molecule has 2 N–H and O–H groups in total. The van der Waals surface area contributed by atoms with Crippen LogP contribution in [-0.2, 0) is 18.8 Å². The molecule has 2 atom stereocenters. The van der Waals surface area contributed by atoms with Crippen LogP contribution < -0.4 is 10.8 Å². The Hall–Kier alpha value is -1.69. The second-order valence-corrected chi connectivity index (χ2v) is 6.77. The Morgan fingerprint density at radius 2 is 1.83 bits per heavy atom. The maximum Gasteiger partial charge on any atom is 0.182 e. The third-order valence-corrected chi connectivity index (χ3v) is 5.60. The fraction of sp³-hybridized carbons (Fsp3) is 0.667. The topological polar surface area (TPSA) is 82.0 Å². The highest BCUT2D eigenvalue weighted by molar-refractivity contribution is 7.71. The first-order valence-electron chi connectivity index (χ1n) is 7.75. The van der Waals surface area contributed by atoms with Gasteiger partial charge in [0.15, 0.2) is 4.77 Å². The van der Waals surface area contributed by atoms with Gasteiger partial charge in [-0.3, -0.25) is 10.3 Å². The molecule has 0 aromatic carbocycles. The zero-order chi connectivity index (χ0) is 16.7. The number of anilines is 1. The van der Waals surface area contributed by atoms with Crippen LogP contribution in [0.3, 0.4) is 0 Å². The van der Waals surface area contributed by atoms with Gasteiger partial charge in [-0.1, -0.05) is 0 Å². The normalized spacial score (nSPS) is 27.5. The molecule has 2 fully saturated rings. The van der Waals surface area contributed by atoms with E-state index in [9.17, 15) is 5.26 Å². The van der Waals surface area contributed by atoms with Crippen LogP contribution in [0.15, 0.2) is 0 Å². The number of hydrogen-bond acceptors (Lipinski definition) is 6. The Morgan fingerprint density at radius 1 is 1.22 bits per heavy atom. The number of aromatic nitrogens is 2. The van der Waals surface area contributed by atoms with Crippen LogP contribution in [0.4, 0.5) is 5.82 Å². The zero-order valence-electron chi connectivity index (χ0n) is 13.7. The Kier molecular flexibility index (Phi) is 4.27. The molecule has 7 nitrogen and oxygen atoms in total. The van der Waals surface area contributed by atoms with Crippen molar-refractivity contribution in [2.24, 2.45) is 14.1 Å². The van der Waals surface area contributed by atoms with E-state index in [2.05, 4.69) is 23.3 Å². The SMILES string of the molecule is CN1C2COCC1CC(Nc1c(C#N)c(=N)n(C)c(=S)n1C)C2. The van der Waals surface area contributed by atoms with Gasteiger partial charge in [0.2, 0.25) is 0 Å². The van der Waals surface area contributed by atoms with E-state index < -0.39 is 0 Å². The minimum Gasteiger partial charge on any atom is -0.378 e. The molecule has 124 valence electrons. The predicted octanol–water partition coefficient (Wildman–Crippen LogP) is 0.718. The van der Waals surface area contributed by atoms with E-state index >= 15 is 0 Å². The molecule has 2 unspecified atom stereocenters. The van der Waals surface area contributed by atoms with Crippen molar-refractivity contribution in [2.45, 2.75) is 31.0 Å². The first-order chi connectivity index (χ1) is 10.9. The van der Waals surface area contributed by atoms with E-state index in [1.54, 1.807) is 16.2 Å². The zero-order valence-corrected chi connectivity index (χ0v) is 14.5. The second-order valence-electron chi connectivity index (χ2n) is 6.41. The van der Waals surface area contributed by atoms with Crippen molar-refractivity contribution in [3.63, 3.8) is 0 Å². The lowest BCUT2D eigenvalue weighted by molar-refractivity contribution is -0.0626. The summed E-state index contributed by atoms with van der Waals surface area (Å²) in [5, 5.41) is 21.1. The average Bonchev–Trinajstić information content (AvgIpc) is 2.52. The molecule has 0 aliphatic carbocycles. The van der Waals surface area contributed by atoms with Crippen molar-refractivity contribution in [3.8, 4) is 6.07 Å². The van der Waals surface area contributed by atoms with Gasteiger partial charge in [0.05, 0.1) is 13.2 Å². The largest absolute Gasteiger partial charge is 0.378 e. The molecular weight excluding hydrogens is 312 g/mol. The molecule has 8 heteroatoms. The van der Waals surface area contributed by atoms with Crippen molar-refractivity contribution >= 4 is 18.0 Å². The fourth-order valence-electron chi connectivity index (χ4n) is 3.55. The van der Waals surface area contributed by atoms with Crippen molar-refractivity contribution in [3.05, 3.63) is 15.8 Å². The number of nitrogens with zero attached hydrogens (tertiary/aromatic N) is 4. The number of piperidine rings is 1. The molecule has 3 heterocycles. The summed E-state index contributed by atoms with van der Waals surface area (Å²) in [5.74, 6) is 0.647. The third kappa shape index (κ3) is 2.69. The minimum atomic E-state index is 0.148. The lowest BCUT2D eigenvalue weighted by Gasteiger charge is -2.47. The summed E-state index contributed by atoms with van der Waals surface area (Å²) in [6, 6.07) is 3.20. The predicted molar refractivity (Wildman–Crippen MR) is 88.6 cm³/mol. The summed E-state index contributed by atoms with van der Waals surface area (Å²) in [6.45, 7) is 1.50. The molecular formula is C15H22N6OS. The molecule has 2 bridgehead atoms. The molecule has 1 aromatic rings. The van der Waals surface area contributed by atoms with E-state index in [1.807, 2.05) is 7.05 Å². The van der Waals surface area contributed by atoms with Crippen molar-refractivity contribution in [2.75, 3.05) is 25.6 Å². The lowest BCUT2D eigenvalue weighted by Crippen LogP contribution is -2.57. The number of rotatable bonds is 2. The average molecular weight is 334 g/mol. The van der Waals surface area contributed by atoms with Crippen LogP contribution >= 0.6 is 12.2 Å². The van der Waals surface area contributed by atoms with Gasteiger partial charge in [-0.15, -0.1) is 0 Å². The number of ether oxygens (including phenoxy) is 1. The summed E-state index contributed by atoms with van der Waals surface area (Å²) in [5.41, 5.74) is 0.485. The van der Waals surface area contributed by atoms with Gasteiger partial charge in [-0.05, 0) is 32.1 Å². The van der Waals surface area contributed by atoms with Crippen molar-refractivity contribution < 1.29 is 4.74 Å². The van der Waals surface area contributed by atoms with Crippen molar-refractivity contribution in [1.82, 2.24) is 14.0 Å². The van der Waals surface area contributed by atoms with Gasteiger partial charge < -0.3 is 19.2 Å². The van der Waals surface area contributed by atoms with Gasteiger partial charge >= 0.3 is 0 Å². The highest BCUT2D eigenvalue weighted by Gasteiger charge is 2.37. The monoisotopic (exact) mass is 334 g/mol. The quantitative estimate of drug-likeness (QED) is 0.779. The minimum absolute atomic E-state index is 0.148. The van der Waals surface area contributed by atoms with Crippen LogP contribution in [-0.4, -0.2) is 52.4 Å². The lowest BCUT2D eigenvalue weighted by atomic mass is 9.90. The van der Waals surface area contributed by atoms with Gasteiger partial charge in [-0.25, -0.2) is 0 Å². The van der Waals surface area contributed by atoms with Crippen LogP contribution in [0.2, 0.25) is 0 Å². The number of nitrogens with one attached hydrogen (secondary N) is 2. The summed E-state index contributed by atoms with van der Waals surface area (Å²) in [4.78, 5) is 2.40. The van der Waals surface area contributed by atoms with Crippen molar-refractivity contribution in [1.29, 1.82) is 10.7 Å². The van der Waals surface area contributed by atoms with E-state index in [0.717, 1.165) is 26.1 Å². The molecule has 23 heavy (non-hydrogen) atoms. The Labute approximate surface area is 140 Å². The molecule has 1 aromatic heterocycles. The number of hydrogen-bond donors (Lipinski definition) is 2. The fourth-order valence-corrected chi connectivity index (χ4v) is 3.73. The van der Waals surface area contributed by atoms with Gasteiger partial charge in [0.25, 0.3) is 0 Å². The maximum atomic E-state index is 9.47. The molecule has 3 rings (SSSR count). The molecule has 0 radical (unpaired) electrons. The number of likely N-dealkylation sites (N-methyl/N-ethyl adjacent to an activating group) is 1. The molecule has 0 saturated carbocycles. The van der Waals surface area contributed by atoms with Crippen LogP contribution in [0.5, 0.6) is 0 Å². The van der Waals surface area contributed by atoms with E-state index in [1.165, 1.54) is 0 Å². The molecule has 2 aliphatic heterocycles. The summed E-state index contributed by atoms with van der Waals surface area (Å²) >= 11 is 5.37. The number of fused-ring (bicyclic) bond motifs is 2. The van der Waals surface area contributed by atoms with Crippen LogP contribution in [0, 0.1) is 21.5 Å². The first-order valence-corrected chi connectivity index (χ1v) is 8.15. The summed E-state index contributed by atoms with van der Waals surface area (Å²) in [6.07, 6.45) is 1.91. The van der Waals surface area contributed by atoms with Gasteiger partial charge in [0, 0.05) is 32.2 Å². The van der Waals surface area contributed by atoms with Crippen LogP contribution in [0.25, 0.3) is 0 Å². The third-order valence-electron chi connectivity index (χ3n) is 5.06. The maximum absolute atomic E-state index is 9.47. The van der Waals surface area contributed by atoms with Gasteiger partial charge in [-0.2, -0.15) is 5.26 Å². The first kappa shape index (κ1) is 16.2. The van der Waals surface area contributed by atoms with E-state index in [-0.39, 0.29) is 11.5 Å². The molecule has 0 amide bonds. The second kappa shape index (κ2) is 6.07. The molecule has 2 aliphatic rings. The van der Waals surface area contributed by atoms with E-state index in [4.69, 9.17) is 22.4 Å². The highest BCUT2D eigenvalue weighted by Crippen LogP contribution is 2.28. The Bertz CT molecular complexity index is 762.